The molecule has 3 heterocycles. The van der Waals surface area contributed by atoms with E-state index in [0.29, 0.717) is 0 Å². The van der Waals surface area contributed by atoms with Gasteiger partial charge >= 0.3 is 0 Å². The van der Waals surface area contributed by atoms with Crippen LogP contribution >= 0.6 is 0 Å². The summed E-state index contributed by atoms with van der Waals surface area (Å²) in [6.45, 7) is 2.90. The van der Waals surface area contributed by atoms with Crippen LogP contribution in [0.4, 0.5) is 0 Å². The van der Waals surface area contributed by atoms with E-state index in [9.17, 15) is 0 Å². The van der Waals surface area contributed by atoms with Gasteiger partial charge in [0.25, 0.3) is 0 Å². The number of hydrogen-bond acceptors (Lipinski definition) is 4. The third kappa shape index (κ3) is 1.85. The SMILES string of the molecule is Cc1ocnc1-c1nnc2n1CCCCCC2. The van der Waals surface area contributed by atoms with E-state index >= 15 is 0 Å². The molecule has 1 aliphatic heterocycles. The van der Waals surface area contributed by atoms with Gasteiger partial charge < -0.3 is 8.98 Å². The van der Waals surface area contributed by atoms with Crippen molar-refractivity contribution in [2.45, 2.75) is 45.6 Å². The minimum absolute atomic E-state index is 0.808. The van der Waals surface area contributed by atoms with Crippen LogP contribution in [-0.4, -0.2) is 19.7 Å². The first-order chi connectivity index (χ1) is 8.36. The van der Waals surface area contributed by atoms with E-state index < -0.39 is 0 Å². The molecule has 0 amide bonds. The van der Waals surface area contributed by atoms with E-state index in [1.54, 1.807) is 0 Å². The molecule has 2 aromatic heterocycles. The molecule has 5 nitrogen and oxygen atoms in total. The van der Waals surface area contributed by atoms with E-state index in [1.807, 2.05) is 6.92 Å². The molecule has 0 aliphatic carbocycles. The normalized spacial score (nSPS) is 16.3. The maximum Gasteiger partial charge on any atom is 0.186 e. The number of fused-ring (bicyclic) bond motifs is 1. The third-order valence-corrected chi connectivity index (χ3v) is 3.32. The lowest BCUT2D eigenvalue weighted by Crippen LogP contribution is -2.09. The summed E-state index contributed by atoms with van der Waals surface area (Å²) in [6, 6.07) is 0. The lowest BCUT2D eigenvalue weighted by Gasteiger charge is -2.12. The maximum atomic E-state index is 5.24. The highest BCUT2D eigenvalue weighted by molar-refractivity contribution is 5.51. The second kappa shape index (κ2) is 4.31. The summed E-state index contributed by atoms with van der Waals surface area (Å²) < 4.78 is 7.44. The number of nitrogens with zero attached hydrogens (tertiary/aromatic N) is 4. The monoisotopic (exact) mass is 232 g/mol. The third-order valence-electron chi connectivity index (χ3n) is 3.32. The Morgan fingerprint density at radius 1 is 1.18 bits per heavy atom. The van der Waals surface area contributed by atoms with Crippen LogP contribution in [0.3, 0.4) is 0 Å². The van der Waals surface area contributed by atoms with Crippen LogP contribution in [0, 0.1) is 6.92 Å². The van der Waals surface area contributed by atoms with Crippen molar-refractivity contribution in [2.75, 3.05) is 0 Å². The zero-order valence-corrected chi connectivity index (χ0v) is 10.0. The molecule has 90 valence electrons. The Hall–Kier alpha value is -1.65. The first kappa shape index (κ1) is 10.5. The lowest BCUT2D eigenvalue weighted by atomic mass is 10.1. The molecule has 0 spiro atoms. The number of rotatable bonds is 1. The maximum absolute atomic E-state index is 5.24. The van der Waals surface area contributed by atoms with Gasteiger partial charge in [-0.25, -0.2) is 4.98 Å². The highest BCUT2D eigenvalue weighted by Crippen LogP contribution is 2.23. The second-order valence-corrected chi connectivity index (χ2v) is 4.51. The molecule has 17 heavy (non-hydrogen) atoms. The Labute approximate surface area is 99.9 Å². The van der Waals surface area contributed by atoms with Crippen molar-refractivity contribution >= 4 is 0 Å². The molecule has 0 aromatic carbocycles. The van der Waals surface area contributed by atoms with E-state index in [4.69, 9.17) is 4.42 Å². The van der Waals surface area contributed by atoms with Crippen molar-refractivity contribution in [1.29, 1.82) is 0 Å². The molecular weight excluding hydrogens is 216 g/mol. The second-order valence-electron chi connectivity index (χ2n) is 4.51. The molecule has 0 saturated carbocycles. The summed E-state index contributed by atoms with van der Waals surface area (Å²) in [5.74, 6) is 2.75. The van der Waals surface area contributed by atoms with Gasteiger partial charge in [0.2, 0.25) is 0 Å². The predicted molar refractivity (Wildman–Crippen MR) is 62.4 cm³/mol. The lowest BCUT2D eigenvalue weighted by molar-refractivity contribution is 0.516. The van der Waals surface area contributed by atoms with E-state index in [0.717, 1.165) is 36.1 Å². The summed E-state index contributed by atoms with van der Waals surface area (Å²) in [5, 5.41) is 8.56. The zero-order chi connectivity index (χ0) is 11.7. The number of oxazole rings is 1. The van der Waals surface area contributed by atoms with Crippen molar-refractivity contribution in [1.82, 2.24) is 19.7 Å². The van der Waals surface area contributed by atoms with Crippen LogP contribution < -0.4 is 0 Å². The van der Waals surface area contributed by atoms with Crippen LogP contribution in [0.25, 0.3) is 11.5 Å². The van der Waals surface area contributed by atoms with Crippen LogP contribution in [-0.2, 0) is 13.0 Å². The van der Waals surface area contributed by atoms with E-state index in [2.05, 4.69) is 19.7 Å². The summed E-state index contributed by atoms with van der Waals surface area (Å²) >= 11 is 0. The molecule has 3 rings (SSSR count). The first-order valence-electron chi connectivity index (χ1n) is 6.19. The van der Waals surface area contributed by atoms with E-state index in [-0.39, 0.29) is 0 Å². The summed E-state index contributed by atoms with van der Waals surface area (Å²) in [7, 11) is 0. The van der Waals surface area contributed by atoms with Gasteiger partial charge in [-0.15, -0.1) is 10.2 Å². The van der Waals surface area contributed by atoms with Crippen LogP contribution in [0.1, 0.15) is 37.3 Å². The quantitative estimate of drug-likeness (QED) is 0.757. The minimum atomic E-state index is 0.808. The highest BCUT2D eigenvalue weighted by Gasteiger charge is 2.18. The van der Waals surface area contributed by atoms with Crippen molar-refractivity contribution in [3.63, 3.8) is 0 Å². The van der Waals surface area contributed by atoms with Gasteiger partial charge in [-0.3, -0.25) is 0 Å². The molecule has 5 heteroatoms. The molecule has 1 aliphatic rings. The fraction of sp³-hybridized carbons (Fsp3) is 0.583. The molecule has 0 bridgehead atoms. The number of aryl methyl sites for hydroxylation is 2. The molecule has 2 aromatic rings. The van der Waals surface area contributed by atoms with E-state index in [1.165, 1.54) is 32.1 Å². The Kier molecular flexibility index (Phi) is 2.66. The molecule has 0 N–H and O–H groups in total. The van der Waals surface area contributed by atoms with Gasteiger partial charge in [0, 0.05) is 13.0 Å². The smallest absolute Gasteiger partial charge is 0.186 e. The van der Waals surface area contributed by atoms with Crippen LogP contribution in [0.15, 0.2) is 10.8 Å². The molecule has 0 radical (unpaired) electrons. The van der Waals surface area contributed by atoms with Crippen molar-refractivity contribution in [3.05, 3.63) is 18.0 Å². The topological polar surface area (TPSA) is 56.7 Å². The Morgan fingerprint density at radius 2 is 2.06 bits per heavy atom. The summed E-state index contributed by atoms with van der Waals surface area (Å²) in [4.78, 5) is 4.23. The van der Waals surface area contributed by atoms with Gasteiger partial charge in [0.1, 0.15) is 17.3 Å². The number of hydrogen-bond donors (Lipinski definition) is 0. The Morgan fingerprint density at radius 3 is 2.88 bits per heavy atom. The van der Waals surface area contributed by atoms with Crippen molar-refractivity contribution in [3.8, 4) is 11.5 Å². The molecular formula is C12H16N4O. The fourth-order valence-corrected chi connectivity index (χ4v) is 2.36. The fourth-order valence-electron chi connectivity index (χ4n) is 2.36. The van der Waals surface area contributed by atoms with Gasteiger partial charge in [-0.05, 0) is 19.8 Å². The molecule has 0 saturated heterocycles. The van der Waals surface area contributed by atoms with Crippen molar-refractivity contribution in [2.24, 2.45) is 0 Å². The Balaban J connectivity index is 2.04. The zero-order valence-electron chi connectivity index (χ0n) is 10.0. The first-order valence-corrected chi connectivity index (χ1v) is 6.19. The summed E-state index contributed by atoms with van der Waals surface area (Å²) in [5.41, 5.74) is 0.823. The molecule has 0 atom stereocenters. The van der Waals surface area contributed by atoms with Crippen molar-refractivity contribution < 1.29 is 4.42 Å². The Bertz CT molecular complexity index is 514. The average molecular weight is 232 g/mol. The number of aromatic nitrogens is 4. The standard InChI is InChI=1S/C12H16N4O/c1-9-11(13-8-17-9)12-15-14-10-6-4-2-3-5-7-16(10)12/h8H,2-7H2,1H3. The summed E-state index contributed by atoms with van der Waals surface area (Å²) in [6.07, 6.45) is 7.46. The van der Waals surface area contributed by atoms with Gasteiger partial charge in [0.15, 0.2) is 12.2 Å². The van der Waals surface area contributed by atoms with Gasteiger partial charge in [0.05, 0.1) is 0 Å². The minimum Gasteiger partial charge on any atom is -0.448 e. The highest BCUT2D eigenvalue weighted by atomic mass is 16.3. The molecule has 0 fully saturated rings. The molecule has 0 unspecified atom stereocenters. The predicted octanol–water partition coefficient (Wildman–Crippen LogP) is 2.36. The van der Waals surface area contributed by atoms with Crippen LogP contribution in [0.5, 0.6) is 0 Å². The largest absolute Gasteiger partial charge is 0.448 e. The average Bonchev–Trinajstić information content (AvgIpc) is 2.84. The van der Waals surface area contributed by atoms with Gasteiger partial charge in [-0.2, -0.15) is 0 Å². The van der Waals surface area contributed by atoms with Crippen LogP contribution in [0.2, 0.25) is 0 Å². The van der Waals surface area contributed by atoms with Gasteiger partial charge in [-0.1, -0.05) is 12.8 Å².